The van der Waals surface area contributed by atoms with Crippen molar-refractivity contribution in [3.63, 3.8) is 0 Å². The molecule has 0 aliphatic carbocycles. The Kier molecular flexibility index (Phi) is 5.52. The Bertz CT molecular complexity index is 571. The van der Waals surface area contributed by atoms with Crippen molar-refractivity contribution >= 4 is 22.9 Å². The SMILES string of the molecule is CCCNC(Cc1ccc(F)cc1F)c1sccc1Cl. The molecule has 0 fully saturated rings. The highest BCUT2D eigenvalue weighted by Gasteiger charge is 2.18. The summed E-state index contributed by atoms with van der Waals surface area (Å²) in [5.41, 5.74) is 0.490. The molecule has 0 radical (unpaired) electrons. The van der Waals surface area contributed by atoms with E-state index in [-0.39, 0.29) is 6.04 Å². The normalized spacial score (nSPS) is 12.6. The van der Waals surface area contributed by atoms with Gasteiger partial charge in [0.15, 0.2) is 0 Å². The van der Waals surface area contributed by atoms with Gasteiger partial charge in [-0.1, -0.05) is 24.6 Å². The first-order valence-corrected chi connectivity index (χ1v) is 7.77. The third-order valence-corrected chi connectivity index (χ3v) is 4.51. The van der Waals surface area contributed by atoms with Crippen LogP contribution < -0.4 is 5.32 Å². The van der Waals surface area contributed by atoms with Crippen molar-refractivity contribution in [3.8, 4) is 0 Å². The number of thiophene rings is 1. The van der Waals surface area contributed by atoms with Crippen LogP contribution in [0.1, 0.15) is 29.8 Å². The predicted molar refractivity (Wildman–Crippen MR) is 80.4 cm³/mol. The molecule has 20 heavy (non-hydrogen) atoms. The summed E-state index contributed by atoms with van der Waals surface area (Å²) >= 11 is 7.71. The van der Waals surface area contributed by atoms with Gasteiger partial charge in [-0.15, -0.1) is 11.3 Å². The van der Waals surface area contributed by atoms with E-state index in [1.807, 2.05) is 11.4 Å². The molecule has 0 aliphatic heterocycles. The molecule has 2 rings (SSSR count). The van der Waals surface area contributed by atoms with E-state index in [9.17, 15) is 8.78 Å². The van der Waals surface area contributed by atoms with Crippen molar-refractivity contribution in [1.29, 1.82) is 0 Å². The molecule has 1 aromatic heterocycles. The van der Waals surface area contributed by atoms with Gasteiger partial charge in [-0.2, -0.15) is 0 Å². The zero-order valence-corrected chi connectivity index (χ0v) is 12.7. The lowest BCUT2D eigenvalue weighted by Crippen LogP contribution is -2.24. The van der Waals surface area contributed by atoms with Crippen molar-refractivity contribution in [2.45, 2.75) is 25.8 Å². The maximum absolute atomic E-state index is 13.8. The van der Waals surface area contributed by atoms with Gasteiger partial charge in [0.1, 0.15) is 11.6 Å². The molecular weight excluding hydrogens is 300 g/mol. The minimum absolute atomic E-state index is 0.0533. The van der Waals surface area contributed by atoms with Crippen LogP contribution in [-0.2, 0) is 6.42 Å². The van der Waals surface area contributed by atoms with Crippen LogP contribution in [0.2, 0.25) is 5.02 Å². The Labute approximate surface area is 126 Å². The van der Waals surface area contributed by atoms with E-state index in [1.54, 1.807) is 11.3 Å². The summed E-state index contributed by atoms with van der Waals surface area (Å²) in [6.45, 7) is 2.89. The summed E-state index contributed by atoms with van der Waals surface area (Å²) in [4.78, 5) is 0.990. The Morgan fingerprint density at radius 2 is 2.10 bits per heavy atom. The van der Waals surface area contributed by atoms with Crippen LogP contribution in [0.25, 0.3) is 0 Å². The third-order valence-electron chi connectivity index (χ3n) is 3.04. The third kappa shape index (κ3) is 3.78. The van der Waals surface area contributed by atoms with E-state index >= 15 is 0 Å². The average Bonchev–Trinajstić information content (AvgIpc) is 2.83. The van der Waals surface area contributed by atoms with Crippen molar-refractivity contribution < 1.29 is 8.78 Å². The lowest BCUT2D eigenvalue weighted by molar-refractivity contribution is 0.514. The van der Waals surface area contributed by atoms with Crippen LogP contribution in [0, 0.1) is 11.6 Å². The molecule has 108 valence electrons. The van der Waals surface area contributed by atoms with Gasteiger partial charge in [-0.05, 0) is 42.5 Å². The van der Waals surface area contributed by atoms with Crippen molar-refractivity contribution in [1.82, 2.24) is 5.32 Å². The predicted octanol–water partition coefficient (Wildman–Crippen LogP) is 4.96. The van der Waals surface area contributed by atoms with Gasteiger partial charge in [0.25, 0.3) is 0 Å². The van der Waals surface area contributed by atoms with E-state index in [0.717, 1.165) is 23.9 Å². The number of hydrogen-bond acceptors (Lipinski definition) is 2. The summed E-state index contributed by atoms with van der Waals surface area (Å²) in [6.07, 6.45) is 1.43. The zero-order valence-electron chi connectivity index (χ0n) is 11.1. The Morgan fingerprint density at radius 3 is 2.70 bits per heavy atom. The second kappa shape index (κ2) is 7.16. The minimum Gasteiger partial charge on any atom is -0.309 e. The lowest BCUT2D eigenvalue weighted by atomic mass is 10.0. The molecule has 5 heteroatoms. The maximum atomic E-state index is 13.8. The number of halogens is 3. The molecule has 1 unspecified atom stereocenters. The summed E-state index contributed by atoms with van der Waals surface area (Å²) in [6, 6.07) is 5.48. The maximum Gasteiger partial charge on any atom is 0.129 e. The van der Waals surface area contributed by atoms with Crippen LogP contribution in [0.3, 0.4) is 0 Å². The van der Waals surface area contributed by atoms with E-state index in [4.69, 9.17) is 11.6 Å². The second-order valence-corrected chi connectivity index (χ2v) is 5.93. The fraction of sp³-hybridized carbons (Fsp3) is 0.333. The molecule has 2 aromatic rings. The van der Waals surface area contributed by atoms with Crippen molar-refractivity contribution in [2.24, 2.45) is 0 Å². The number of benzene rings is 1. The fourth-order valence-electron chi connectivity index (χ4n) is 2.04. The number of nitrogens with one attached hydrogen (secondary N) is 1. The molecule has 1 aromatic carbocycles. The second-order valence-electron chi connectivity index (χ2n) is 4.58. The van der Waals surface area contributed by atoms with Gasteiger partial charge in [-0.3, -0.25) is 0 Å². The first-order valence-electron chi connectivity index (χ1n) is 6.52. The first kappa shape index (κ1) is 15.4. The molecule has 1 nitrogen and oxygen atoms in total. The highest BCUT2D eigenvalue weighted by molar-refractivity contribution is 7.10. The van der Waals surface area contributed by atoms with Crippen LogP contribution in [0.15, 0.2) is 29.6 Å². The molecule has 0 saturated heterocycles. The number of rotatable bonds is 6. The topological polar surface area (TPSA) is 12.0 Å². The molecule has 0 saturated carbocycles. The van der Waals surface area contributed by atoms with Crippen LogP contribution in [0.5, 0.6) is 0 Å². The Balaban J connectivity index is 2.21. The molecule has 0 amide bonds. The molecule has 0 bridgehead atoms. The lowest BCUT2D eigenvalue weighted by Gasteiger charge is -2.18. The highest BCUT2D eigenvalue weighted by atomic mass is 35.5. The standard InChI is InChI=1S/C15H16ClF2NS/c1-2-6-19-14(15-12(16)5-7-20-15)8-10-3-4-11(17)9-13(10)18/h3-5,7,9,14,19H,2,6,8H2,1H3. The van der Waals surface area contributed by atoms with Crippen LogP contribution >= 0.6 is 22.9 Å². The van der Waals surface area contributed by atoms with E-state index in [1.165, 1.54) is 12.1 Å². The van der Waals surface area contributed by atoms with Crippen molar-refractivity contribution in [2.75, 3.05) is 6.54 Å². The van der Waals surface area contributed by atoms with Gasteiger partial charge in [0.2, 0.25) is 0 Å². The molecule has 1 N–H and O–H groups in total. The van der Waals surface area contributed by atoms with Gasteiger partial charge >= 0.3 is 0 Å². The van der Waals surface area contributed by atoms with E-state index in [2.05, 4.69) is 12.2 Å². The summed E-state index contributed by atoms with van der Waals surface area (Å²) in [5, 5.41) is 5.97. The van der Waals surface area contributed by atoms with E-state index in [0.29, 0.717) is 17.0 Å². The first-order chi connectivity index (χ1) is 9.61. The smallest absolute Gasteiger partial charge is 0.129 e. The van der Waals surface area contributed by atoms with E-state index < -0.39 is 11.6 Å². The van der Waals surface area contributed by atoms with Crippen LogP contribution in [-0.4, -0.2) is 6.54 Å². The molecular formula is C15H16ClF2NS. The largest absolute Gasteiger partial charge is 0.309 e. The van der Waals surface area contributed by atoms with Gasteiger partial charge < -0.3 is 5.32 Å². The Morgan fingerprint density at radius 1 is 1.30 bits per heavy atom. The Hall–Kier alpha value is -0.970. The minimum atomic E-state index is -0.557. The van der Waals surface area contributed by atoms with Crippen LogP contribution in [0.4, 0.5) is 8.78 Å². The van der Waals surface area contributed by atoms with Gasteiger partial charge in [0.05, 0.1) is 5.02 Å². The molecule has 1 atom stereocenters. The zero-order chi connectivity index (χ0) is 14.5. The molecule has 0 spiro atoms. The summed E-state index contributed by atoms with van der Waals surface area (Å²) < 4.78 is 26.7. The summed E-state index contributed by atoms with van der Waals surface area (Å²) in [7, 11) is 0. The molecule has 0 aliphatic rings. The average molecular weight is 316 g/mol. The summed E-state index contributed by atoms with van der Waals surface area (Å²) in [5.74, 6) is -1.07. The quantitative estimate of drug-likeness (QED) is 0.794. The van der Waals surface area contributed by atoms with Crippen molar-refractivity contribution in [3.05, 3.63) is 56.7 Å². The number of hydrogen-bond donors (Lipinski definition) is 1. The molecule has 1 heterocycles. The fourth-order valence-corrected chi connectivity index (χ4v) is 3.30. The highest BCUT2D eigenvalue weighted by Crippen LogP contribution is 2.31. The van der Waals surface area contributed by atoms with Gasteiger partial charge in [-0.25, -0.2) is 8.78 Å². The van der Waals surface area contributed by atoms with Gasteiger partial charge in [0, 0.05) is 17.0 Å². The monoisotopic (exact) mass is 315 g/mol.